The quantitative estimate of drug-likeness (QED) is 0.564. The maximum Gasteiger partial charge on any atom is 0.220 e. The average Bonchev–Trinajstić information content (AvgIpc) is 2.83. The van der Waals surface area contributed by atoms with E-state index in [0.29, 0.717) is 12.2 Å². The molecular weight excluding hydrogens is 308 g/mol. The molecule has 3 aromatic rings. The fourth-order valence-electron chi connectivity index (χ4n) is 2.36. The van der Waals surface area contributed by atoms with E-state index < -0.39 is 0 Å². The highest BCUT2D eigenvalue weighted by Gasteiger charge is 2.13. The normalized spacial score (nSPS) is 11.2. The summed E-state index contributed by atoms with van der Waals surface area (Å²) in [6.07, 6.45) is 0. The lowest BCUT2D eigenvalue weighted by Crippen LogP contribution is -2.18. The summed E-state index contributed by atoms with van der Waals surface area (Å²) in [6.45, 7) is 0.584. The van der Waals surface area contributed by atoms with Gasteiger partial charge in [-0.05, 0) is 23.8 Å². The molecule has 2 aromatic carbocycles. The SMILES string of the molecule is Cn1c(O)c(N=NC(=S)NCc2ccccc2)c2ccccc21. The molecule has 0 fully saturated rings. The summed E-state index contributed by atoms with van der Waals surface area (Å²) in [7, 11) is 1.78. The number of fused-ring (bicyclic) bond motifs is 1. The number of aromatic hydroxyl groups is 1. The fourth-order valence-corrected chi connectivity index (χ4v) is 2.48. The highest BCUT2D eigenvalue weighted by Crippen LogP contribution is 2.37. The first-order valence-electron chi connectivity index (χ1n) is 7.16. The zero-order chi connectivity index (χ0) is 16.2. The van der Waals surface area contributed by atoms with Gasteiger partial charge in [-0.3, -0.25) is 0 Å². The molecule has 116 valence electrons. The highest BCUT2D eigenvalue weighted by atomic mass is 32.1. The molecule has 0 amide bonds. The molecule has 0 bridgehead atoms. The van der Waals surface area contributed by atoms with Gasteiger partial charge in [-0.15, -0.1) is 10.2 Å². The Hall–Kier alpha value is -2.73. The van der Waals surface area contributed by atoms with Gasteiger partial charge in [-0.2, -0.15) is 0 Å². The van der Waals surface area contributed by atoms with Crippen LogP contribution in [0, 0.1) is 0 Å². The van der Waals surface area contributed by atoms with Gasteiger partial charge in [-0.1, -0.05) is 48.5 Å². The second kappa shape index (κ2) is 6.58. The summed E-state index contributed by atoms with van der Waals surface area (Å²) in [6, 6.07) is 17.5. The van der Waals surface area contributed by atoms with Crippen LogP contribution in [0.25, 0.3) is 10.9 Å². The number of aromatic nitrogens is 1. The molecule has 2 N–H and O–H groups in total. The minimum Gasteiger partial charge on any atom is -0.493 e. The minimum atomic E-state index is 0.0702. The van der Waals surface area contributed by atoms with E-state index in [2.05, 4.69) is 15.5 Å². The van der Waals surface area contributed by atoms with Gasteiger partial charge in [0.2, 0.25) is 11.0 Å². The number of hydrogen-bond acceptors (Lipinski definition) is 3. The Morgan fingerprint density at radius 1 is 1.13 bits per heavy atom. The molecule has 0 saturated carbocycles. The molecule has 0 aliphatic rings. The van der Waals surface area contributed by atoms with E-state index in [1.165, 1.54) is 0 Å². The van der Waals surface area contributed by atoms with Crippen molar-refractivity contribution in [2.75, 3.05) is 0 Å². The molecule has 6 heteroatoms. The first-order valence-corrected chi connectivity index (χ1v) is 7.57. The smallest absolute Gasteiger partial charge is 0.220 e. The van der Waals surface area contributed by atoms with E-state index in [1.807, 2.05) is 54.6 Å². The molecule has 5 nitrogen and oxygen atoms in total. The summed E-state index contributed by atoms with van der Waals surface area (Å²) in [5.74, 6) is 0.0702. The van der Waals surface area contributed by atoms with Gasteiger partial charge in [0.1, 0.15) is 0 Å². The topological polar surface area (TPSA) is 61.9 Å². The molecular formula is C17H16N4OS. The number of rotatable bonds is 3. The van der Waals surface area contributed by atoms with Crippen LogP contribution in [0.15, 0.2) is 64.8 Å². The number of azo groups is 1. The first kappa shape index (κ1) is 15.2. The van der Waals surface area contributed by atoms with Gasteiger partial charge >= 0.3 is 0 Å². The van der Waals surface area contributed by atoms with E-state index in [4.69, 9.17) is 12.2 Å². The van der Waals surface area contributed by atoms with Gasteiger partial charge in [0.25, 0.3) is 0 Å². The van der Waals surface area contributed by atoms with Crippen molar-refractivity contribution in [3.63, 3.8) is 0 Å². The summed E-state index contributed by atoms with van der Waals surface area (Å²) >= 11 is 5.17. The van der Waals surface area contributed by atoms with Crippen LogP contribution in [0.4, 0.5) is 5.69 Å². The molecule has 1 aromatic heterocycles. The van der Waals surface area contributed by atoms with Crippen LogP contribution in [-0.4, -0.2) is 14.8 Å². The molecule has 0 aliphatic heterocycles. The van der Waals surface area contributed by atoms with Crippen molar-refractivity contribution in [2.45, 2.75) is 6.54 Å². The number of nitrogens with one attached hydrogen (secondary N) is 1. The molecule has 0 atom stereocenters. The molecule has 0 radical (unpaired) electrons. The maximum atomic E-state index is 10.2. The van der Waals surface area contributed by atoms with Crippen molar-refractivity contribution in [3.8, 4) is 5.88 Å². The third-order valence-corrected chi connectivity index (χ3v) is 3.80. The molecule has 0 aliphatic carbocycles. The van der Waals surface area contributed by atoms with Crippen molar-refractivity contribution in [1.82, 2.24) is 9.88 Å². The Labute approximate surface area is 139 Å². The van der Waals surface area contributed by atoms with Gasteiger partial charge in [0.15, 0.2) is 5.69 Å². The lowest BCUT2D eigenvalue weighted by molar-refractivity contribution is 0.436. The van der Waals surface area contributed by atoms with E-state index >= 15 is 0 Å². The second-order valence-corrected chi connectivity index (χ2v) is 5.48. The summed E-state index contributed by atoms with van der Waals surface area (Å²) < 4.78 is 1.67. The summed E-state index contributed by atoms with van der Waals surface area (Å²) in [4.78, 5) is 0. The minimum absolute atomic E-state index is 0.0702. The van der Waals surface area contributed by atoms with E-state index in [0.717, 1.165) is 16.5 Å². The summed E-state index contributed by atoms with van der Waals surface area (Å²) in [5, 5.41) is 22.5. The van der Waals surface area contributed by atoms with E-state index in [9.17, 15) is 5.11 Å². The van der Waals surface area contributed by atoms with Crippen LogP contribution in [0.5, 0.6) is 5.88 Å². The molecule has 23 heavy (non-hydrogen) atoms. The molecule has 0 spiro atoms. The van der Waals surface area contributed by atoms with Crippen LogP contribution in [0.2, 0.25) is 0 Å². The number of aryl methyl sites for hydroxylation is 1. The zero-order valence-electron chi connectivity index (χ0n) is 12.6. The third-order valence-electron chi connectivity index (χ3n) is 3.58. The van der Waals surface area contributed by atoms with Crippen molar-refractivity contribution >= 4 is 33.9 Å². The van der Waals surface area contributed by atoms with E-state index in [-0.39, 0.29) is 11.0 Å². The number of para-hydroxylation sites is 1. The van der Waals surface area contributed by atoms with Crippen molar-refractivity contribution in [3.05, 3.63) is 60.2 Å². The lowest BCUT2D eigenvalue weighted by atomic mass is 10.2. The number of thiocarbonyl (C=S) groups is 1. The van der Waals surface area contributed by atoms with Gasteiger partial charge in [0.05, 0.1) is 5.52 Å². The zero-order valence-corrected chi connectivity index (χ0v) is 13.4. The highest BCUT2D eigenvalue weighted by molar-refractivity contribution is 7.80. The van der Waals surface area contributed by atoms with E-state index in [1.54, 1.807) is 11.6 Å². The fraction of sp³-hybridized carbons (Fsp3) is 0.118. The van der Waals surface area contributed by atoms with Crippen molar-refractivity contribution in [1.29, 1.82) is 0 Å². The molecule has 1 heterocycles. The molecule has 0 unspecified atom stereocenters. The predicted octanol–water partition coefficient (Wildman–Crippen LogP) is 4.04. The van der Waals surface area contributed by atoms with Gasteiger partial charge in [0, 0.05) is 19.0 Å². The Morgan fingerprint density at radius 3 is 2.61 bits per heavy atom. The van der Waals surface area contributed by atoms with Crippen LogP contribution < -0.4 is 5.32 Å². The monoisotopic (exact) mass is 324 g/mol. The maximum absolute atomic E-state index is 10.2. The Balaban J connectivity index is 1.75. The largest absolute Gasteiger partial charge is 0.493 e. The Bertz CT molecular complexity index is 871. The van der Waals surface area contributed by atoms with Crippen molar-refractivity contribution < 1.29 is 5.11 Å². The third kappa shape index (κ3) is 3.22. The standard InChI is InChI=1S/C17H16N4OS/c1-21-14-10-6-5-9-13(14)15(16(21)22)19-20-17(23)18-11-12-7-3-2-4-8-12/h2-10,22H,11H2,1H3,(H,18,23). The van der Waals surface area contributed by atoms with Crippen LogP contribution >= 0.6 is 12.2 Å². The Morgan fingerprint density at radius 2 is 1.83 bits per heavy atom. The molecule has 0 saturated heterocycles. The summed E-state index contributed by atoms with van der Waals surface area (Å²) in [5.41, 5.74) is 2.42. The number of hydrogen-bond donors (Lipinski definition) is 2. The van der Waals surface area contributed by atoms with Crippen LogP contribution in [0.1, 0.15) is 5.56 Å². The Kier molecular flexibility index (Phi) is 4.34. The average molecular weight is 324 g/mol. The first-order chi connectivity index (χ1) is 11.2. The second-order valence-electron chi connectivity index (χ2n) is 5.09. The van der Waals surface area contributed by atoms with Crippen molar-refractivity contribution in [2.24, 2.45) is 17.3 Å². The van der Waals surface area contributed by atoms with Gasteiger partial charge < -0.3 is 15.0 Å². The lowest BCUT2D eigenvalue weighted by Gasteiger charge is -2.02. The van der Waals surface area contributed by atoms with Crippen LogP contribution in [-0.2, 0) is 13.6 Å². The molecule has 3 rings (SSSR count). The number of benzene rings is 2. The van der Waals surface area contributed by atoms with Crippen LogP contribution in [0.3, 0.4) is 0 Å². The number of nitrogens with zero attached hydrogens (tertiary/aromatic N) is 3. The predicted molar refractivity (Wildman–Crippen MR) is 95.0 cm³/mol. The van der Waals surface area contributed by atoms with Gasteiger partial charge in [-0.25, -0.2) is 0 Å².